The van der Waals surface area contributed by atoms with E-state index in [1.807, 2.05) is 0 Å². The topological polar surface area (TPSA) is 4.93 Å². The van der Waals surface area contributed by atoms with E-state index in [1.54, 1.807) is 0 Å². The number of benzene rings is 7. The van der Waals surface area contributed by atoms with Gasteiger partial charge in [-0.2, -0.15) is 0 Å². The van der Waals surface area contributed by atoms with Gasteiger partial charge in [-0.05, 0) is 97.7 Å². The van der Waals surface area contributed by atoms with E-state index < -0.39 is 5.41 Å². The predicted octanol–water partition coefficient (Wildman–Crippen LogP) is 11.0. The minimum absolute atomic E-state index is 0.419. The van der Waals surface area contributed by atoms with Gasteiger partial charge in [0.1, 0.15) is 0 Å². The molecule has 43 heavy (non-hydrogen) atoms. The number of hydrogen-bond acceptors (Lipinski definition) is 0. The van der Waals surface area contributed by atoms with Gasteiger partial charge in [0.15, 0.2) is 0 Å². The normalized spacial score (nSPS) is 13.9. The number of halogens is 1. The molecule has 2 heteroatoms. The second kappa shape index (κ2) is 8.34. The third kappa shape index (κ3) is 2.87. The number of nitrogens with zero attached hydrogens (tertiary/aromatic N) is 1. The molecule has 7 aromatic carbocycles. The summed E-state index contributed by atoms with van der Waals surface area (Å²) in [7, 11) is 0. The van der Waals surface area contributed by atoms with Crippen LogP contribution in [0.3, 0.4) is 0 Å². The summed E-state index contributed by atoms with van der Waals surface area (Å²) >= 11 is 3.79. The van der Waals surface area contributed by atoms with E-state index in [1.165, 1.54) is 82.8 Å². The van der Waals surface area contributed by atoms with Crippen LogP contribution in [0, 0.1) is 0 Å². The SMILES string of the molecule is Brc1ccc2c(c1)c1cc3c(cc1n2-c1ccccc1)-c1cccc2cccc(c12)C31c2ccccc2-c2ccccc21. The minimum Gasteiger partial charge on any atom is -0.309 e. The van der Waals surface area contributed by atoms with E-state index in [2.05, 4.69) is 166 Å². The van der Waals surface area contributed by atoms with E-state index in [0.717, 1.165) is 4.47 Å². The average molecular weight is 611 g/mol. The summed E-state index contributed by atoms with van der Waals surface area (Å²) in [6.45, 7) is 0. The maximum Gasteiger partial charge on any atom is 0.0726 e. The Morgan fingerprint density at radius 3 is 1.84 bits per heavy atom. The molecule has 0 amide bonds. The van der Waals surface area contributed by atoms with Crippen LogP contribution in [0.15, 0.2) is 150 Å². The monoisotopic (exact) mass is 609 g/mol. The van der Waals surface area contributed by atoms with Crippen LogP contribution in [0.2, 0.25) is 0 Å². The standard InChI is InChI=1S/C41H24BrN/c42-26-20-21-38-32(22-26)33-23-37-31(24-39(33)43(38)27-12-2-1-3-13-27)30-16-8-10-25-11-9-19-36(40(25)30)41(37)34-17-6-4-14-28(34)29-15-5-7-18-35(29)41/h1-24H. The van der Waals surface area contributed by atoms with Gasteiger partial charge < -0.3 is 4.57 Å². The van der Waals surface area contributed by atoms with Gasteiger partial charge in [0.05, 0.1) is 16.4 Å². The van der Waals surface area contributed by atoms with Gasteiger partial charge in [-0.1, -0.05) is 119 Å². The third-order valence-electron chi connectivity index (χ3n) is 9.84. The van der Waals surface area contributed by atoms with Crippen LogP contribution in [-0.2, 0) is 5.41 Å². The maximum atomic E-state index is 3.79. The van der Waals surface area contributed by atoms with E-state index >= 15 is 0 Å². The van der Waals surface area contributed by atoms with Crippen LogP contribution in [0.4, 0.5) is 0 Å². The van der Waals surface area contributed by atoms with Gasteiger partial charge in [0.2, 0.25) is 0 Å². The van der Waals surface area contributed by atoms with Crippen molar-refractivity contribution in [1.29, 1.82) is 0 Å². The number of para-hydroxylation sites is 1. The molecule has 0 N–H and O–H groups in total. The zero-order valence-corrected chi connectivity index (χ0v) is 24.8. The molecule has 2 aliphatic rings. The Labute approximate surface area is 257 Å². The van der Waals surface area contributed by atoms with Gasteiger partial charge >= 0.3 is 0 Å². The fraction of sp³-hybridized carbons (Fsp3) is 0.0244. The van der Waals surface area contributed by atoms with Gasteiger partial charge in [0, 0.05) is 20.9 Å². The molecule has 1 nitrogen and oxygen atoms in total. The Balaban J connectivity index is 1.47. The van der Waals surface area contributed by atoms with E-state index in [4.69, 9.17) is 0 Å². The van der Waals surface area contributed by atoms with Gasteiger partial charge in [0.25, 0.3) is 0 Å². The summed E-state index contributed by atoms with van der Waals surface area (Å²) < 4.78 is 3.52. The van der Waals surface area contributed by atoms with Crippen molar-refractivity contribution in [2.24, 2.45) is 0 Å². The summed E-state index contributed by atoms with van der Waals surface area (Å²) in [5, 5.41) is 5.16. The van der Waals surface area contributed by atoms with Gasteiger partial charge in [-0.15, -0.1) is 0 Å². The van der Waals surface area contributed by atoms with Crippen LogP contribution in [-0.4, -0.2) is 4.57 Å². The second-order valence-electron chi connectivity index (χ2n) is 11.8. The highest BCUT2D eigenvalue weighted by Crippen LogP contribution is 2.62. The van der Waals surface area contributed by atoms with Crippen molar-refractivity contribution in [2.45, 2.75) is 5.41 Å². The molecule has 0 unspecified atom stereocenters. The predicted molar refractivity (Wildman–Crippen MR) is 182 cm³/mol. The zero-order valence-electron chi connectivity index (χ0n) is 23.2. The number of hydrogen-bond donors (Lipinski definition) is 0. The van der Waals surface area contributed by atoms with E-state index in [0.29, 0.717) is 0 Å². The van der Waals surface area contributed by atoms with Crippen LogP contribution in [0.25, 0.3) is 60.5 Å². The first-order chi connectivity index (χ1) is 21.2. The minimum atomic E-state index is -0.419. The summed E-state index contributed by atoms with van der Waals surface area (Å²) in [5.41, 5.74) is 13.9. The van der Waals surface area contributed by atoms with Gasteiger partial charge in [-0.25, -0.2) is 0 Å². The summed E-state index contributed by atoms with van der Waals surface area (Å²) in [6.07, 6.45) is 0. The molecule has 0 saturated heterocycles. The quantitative estimate of drug-likeness (QED) is 0.174. The molecule has 10 rings (SSSR count). The first kappa shape index (κ1) is 23.6. The van der Waals surface area contributed by atoms with Crippen molar-refractivity contribution in [3.05, 3.63) is 172 Å². The van der Waals surface area contributed by atoms with Gasteiger partial charge in [-0.3, -0.25) is 0 Å². The van der Waals surface area contributed by atoms with Crippen molar-refractivity contribution in [1.82, 2.24) is 4.57 Å². The first-order valence-electron chi connectivity index (χ1n) is 14.8. The Morgan fingerprint density at radius 1 is 0.442 bits per heavy atom. The lowest BCUT2D eigenvalue weighted by molar-refractivity contribution is 0.775. The molecule has 1 heterocycles. The Morgan fingerprint density at radius 2 is 1.07 bits per heavy atom. The van der Waals surface area contributed by atoms with Crippen molar-refractivity contribution in [3.8, 4) is 27.9 Å². The fourth-order valence-electron chi connectivity index (χ4n) is 8.26. The Hall–Kier alpha value is -4.92. The smallest absolute Gasteiger partial charge is 0.0726 e. The molecule has 0 fully saturated rings. The third-order valence-corrected chi connectivity index (χ3v) is 10.3. The summed E-state index contributed by atoms with van der Waals surface area (Å²) in [5.74, 6) is 0. The van der Waals surface area contributed by atoms with Crippen LogP contribution >= 0.6 is 15.9 Å². The lowest BCUT2D eigenvalue weighted by Crippen LogP contribution is -2.31. The van der Waals surface area contributed by atoms with Crippen molar-refractivity contribution < 1.29 is 0 Å². The highest BCUT2D eigenvalue weighted by Gasteiger charge is 2.50. The lowest BCUT2D eigenvalue weighted by Gasteiger charge is -2.40. The fourth-order valence-corrected chi connectivity index (χ4v) is 8.63. The summed E-state index contributed by atoms with van der Waals surface area (Å²) in [6, 6.07) is 54.3. The molecule has 1 spiro atoms. The average Bonchev–Trinajstić information content (AvgIpc) is 3.53. The first-order valence-corrected chi connectivity index (χ1v) is 15.6. The molecular weight excluding hydrogens is 586 g/mol. The van der Waals surface area contributed by atoms with Crippen LogP contribution in [0.1, 0.15) is 22.3 Å². The zero-order chi connectivity index (χ0) is 28.3. The number of aromatic nitrogens is 1. The second-order valence-corrected chi connectivity index (χ2v) is 12.7. The van der Waals surface area contributed by atoms with Crippen molar-refractivity contribution >= 4 is 48.5 Å². The number of rotatable bonds is 1. The largest absolute Gasteiger partial charge is 0.309 e. The molecule has 200 valence electrons. The molecule has 0 radical (unpaired) electrons. The van der Waals surface area contributed by atoms with Crippen LogP contribution in [0.5, 0.6) is 0 Å². The molecular formula is C41H24BrN. The highest BCUT2D eigenvalue weighted by molar-refractivity contribution is 9.10. The van der Waals surface area contributed by atoms with Crippen molar-refractivity contribution in [2.75, 3.05) is 0 Å². The molecule has 1 aromatic heterocycles. The lowest BCUT2D eigenvalue weighted by atomic mass is 9.61. The Bertz CT molecular complexity index is 2410. The molecule has 0 aliphatic heterocycles. The summed E-state index contributed by atoms with van der Waals surface area (Å²) in [4.78, 5) is 0. The molecule has 0 atom stereocenters. The molecule has 2 aliphatic carbocycles. The van der Waals surface area contributed by atoms with E-state index in [-0.39, 0.29) is 0 Å². The Kier molecular flexibility index (Phi) is 4.58. The molecule has 8 aromatic rings. The number of fused-ring (bicyclic) bond motifs is 12. The molecule has 0 bridgehead atoms. The maximum absolute atomic E-state index is 3.79. The van der Waals surface area contributed by atoms with Crippen molar-refractivity contribution in [3.63, 3.8) is 0 Å². The molecule has 0 saturated carbocycles. The van der Waals surface area contributed by atoms with Crippen LogP contribution < -0.4 is 0 Å². The highest BCUT2D eigenvalue weighted by atomic mass is 79.9. The van der Waals surface area contributed by atoms with E-state index in [9.17, 15) is 0 Å².